The van der Waals surface area contributed by atoms with Gasteiger partial charge < -0.3 is 9.09 Å². The van der Waals surface area contributed by atoms with E-state index in [4.69, 9.17) is 4.52 Å². The van der Waals surface area contributed by atoms with Crippen molar-refractivity contribution in [2.24, 2.45) is 7.05 Å². The van der Waals surface area contributed by atoms with Gasteiger partial charge in [0, 0.05) is 48.5 Å². The van der Waals surface area contributed by atoms with Gasteiger partial charge in [0.2, 0.25) is 17.6 Å². The van der Waals surface area contributed by atoms with Crippen molar-refractivity contribution in [2.75, 3.05) is 0 Å². The summed E-state index contributed by atoms with van der Waals surface area (Å²) in [5.74, 6) is -0.00495. The van der Waals surface area contributed by atoms with Crippen LogP contribution in [-0.2, 0) is 18.3 Å². The van der Waals surface area contributed by atoms with Gasteiger partial charge in [0.25, 0.3) is 5.91 Å². The molecule has 9 nitrogen and oxygen atoms in total. The molecule has 0 aromatic carbocycles. The quantitative estimate of drug-likeness (QED) is 0.608. The third kappa shape index (κ3) is 4.33. The molecule has 26 heavy (non-hydrogen) atoms. The molecule has 3 aromatic rings. The first-order chi connectivity index (χ1) is 12.5. The lowest BCUT2D eigenvalue weighted by atomic mass is 10.2. The Hall–Kier alpha value is -3.01. The molecule has 134 valence electrons. The number of hydrazine groups is 1. The Morgan fingerprint density at radius 2 is 2.04 bits per heavy atom. The van der Waals surface area contributed by atoms with E-state index in [1.165, 1.54) is 0 Å². The molecule has 0 bridgehead atoms. The lowest BCUT2D eigenvalue weighted by molar-refractivity contribution is -0.121. The number of carbonyl (C=O) groups is 2. The van der Waals surface area contributed by atoms with Gasteiger partial charge in [-0.2, -0.15) is 4.98 Å². The fraction of sp³-hybridized carbons (Fsp3) is 0.188. The zero-order valence-electron chi connectivity index (χ0n) is 13.8. The first kappa shape index (κ1) is 17.8. The van der Waals surface area contributed by atoms with Crippen LogP contribution in [0.25, 0.3) is 11.4 Å². The van der Waals surface area contributed by atoms with Gasteiger partial charge in [0.15, 0.2) is 0 Å². The van der Waals surface area contributed by atoms with E-state index in [-0.39, 0.29) is 18.7 Å². The molecular weight excluding hydrogens is 404 g/mol. The number of aryl methyl sites for hydroxylation is 2. The highest BCUT2D eigenvalue weighted by molar-refractivity contribution is 9.10. The molecule has 0 aliphatic carbocycles. The highest BCUT2D eigenvalue weighted by atomic mass is 79.9. The normalized spacial score (nSPS) is 10.5. The molecular formula is C16H15BrN6O3. The lowest BCUT2D eigenvalue weighted by Crippen LogP contribution is -2.42. The fourth-order valence-corrected chi connectivity index (χ4v) is 2.72. The zero-order chi connectivity index (χ0) is 18.5. The maximum absolute atomic E-state index is 12.0. The van der Waals surface area contributed by atoms with Gasteiger partial charge in [0.05, 0.1) is 0 Å². The standard InChI is InChI=1S/C16H15BrN6O3/c1-23-9-11(17)8-12(23)16(25)21-20-13(24)2-3-14-19-15(22-26-14)10-4-6-18-7-5-10/h4-9H,2-3H2,1H3,(H,20,24)(H,21,25). The van der Waals surface area contributed by atoms with Crippen LogP contribution in [0.5, 0.6) is 0 Å². The van der Waals surface area contributed by atoms with E-state index in [9.17, 15) is 9.59 Å². The second kappa shape index (κ2) is 7.91. The third-order valence-electron chi connectivity index (χ3n) is 3.49. The van der Waals surface area contributed by atoms with Gasteiger partial charge in [-0.05, 0) is 34.1 Å². The van der Waals surface area contributed by atoms with Crippen LogP contribution in [-0.4, -0.2) is 31.5 Å². The maximum atomic E-state index is 12.0. The highest BCUT2D eigenvalue weighted by Crippen LogP contribution is 2.15. The second-order valence-corrected chi connectivity index (χ2v) is 6.32. The SMILES string of the molecule is Cn1cc(Br)cc1C(=O)NNC(=O)CCc1nc(-c2ccncc2)no1. The number of pyridine rings is 1. The van der Waals surface area contributed by atoms with Gasteiger partial charge in [-0.3, -0.25) is 25.4 Å². The Morgan fingerprint density at radius 1 is 1.27 bits per heavy atom. The summed E-state index contributed by atoms with van der Waals surface area (Å²) >= 11 is 3.29. The molecule has 2 amide bonds. The van der Waals surface area contributed by atoms with Crippen molar-refractivity contribution in [1.29, 1.82) is 0 Å². The number of nitrogens with zero attached hydrogens (tertiary/aromatic N) is 4. The minimum absolute atomic E-state index is 0.0924. The monoisotopic (exact) mass is 418 g/mol. The molecule has 0 aliphatic rings. The van der Waals surface area contributed by atoms with Gasteiger partial charge >= 0.3 is 0 Å². The Bertz CT molecular complexity index is 921. The van der Waals surface area contributed by atoms with Crippen LogP contribution in [0.4, 0.5) is 0 Å². The topological polar surface area (TPSA) is 115 Å². The van der Waals surface area contributed by atoms with Crippen molar-refractivity contribution in [3.63, 3.8) is 0 Å². The lowest BCUT2D eigenvalue weighted by Gasteiger charge is -2.07. The number of nitrogens with one attached hydrogen (secondary N) is 2. The first-order valence-electron chi connectivity index (χ1n) is 7.67. The number of carbonyl (C=O) groups excluding carboxylic acids is 2. The molecule has 0 atom stereocenters. The van der Waals surface area contributed by atoms with Crippen LogP contribution in [0, 0.1) is 0 Å². The summed E-state index contributed by atoms with van der Waals surface area (Å²) in [6, 6.07) is 5.18. The van der Waals surface area contributed by atoms with Gasteiger partial charge in [-0.1, -0.05) is 5.16 Å². The summed E-state index contributed by atoms with van der Waals surface area (Å²) in [7, 11) is 1.73. The average molecular weight is 419 g/mol. The fourth-order valence-electron chi connectivity index (χ4n) is 2.20. The predicted octanol–water partition coefficient (Wildman–Crippen LogP) is 1.63. The van der Waals surface area contributed by atoms with E-state index in [0.29, 0.717) is 17.4 Å². The average Bonchev–Trinajstić information content (AvgIpc) is 3.25. The summed E-state index contributed by atoms with van der Waals surface area (Å²) in [6.07, 6.45) is 5.36. The van der Waals surface area contributed by atoms with Crippen LogP contribution in [0.3, 0.4) is 0 Å². The van der Waals surface area contributed by atoms with Gasteiger partial charge in [0.1, 0.15) is 5.69 Å². The zero-order valence-corrected chi connectivity index (χ0v) is 15.4. The predicted molar refractivity (Wildman–Crippen MR) is 94.6 cm³/mol. The van der Waals surface area contributed by atoms with Crippen molar-refractivity contribution < 1.29 is 14.1 Å². The van der Waals surface area contributed by atoms with Crippen LogP contribution in [0.15, 0.2) is 45.8 Å². The third-order valence-corrected chi connectivity index (χ3v) is 3.93. The molecule has 3 rings (SSSR count). The number of hydrogen-bond donors (Lipinski definition) is 2. The summed E-state index contributed by atoms with van der Waals surface area (Å²) in [5.41, 5.74) is 5.92. The maximum Gasteiger partial charge on any atom is 0.286 e. The number of aromatic nitrogens is 4. The van der Waals surface area contributed by atoms with Crippen molar-refractivity contribution in [3.05, 3.63) is 52.8 Å². The Labute approximate surface area is 156 Å². The molecule has 2 N–H and O–H groups in total. The number of hydrogen-bond acceptors (Lipinski definition) is 6. The molecule has 0 radical (unpaired) electrons. The van der Waals surface area contributed by atoms with E-state index >= 15 is 0 Å². The largest absolute Gasteiger partial charge is 0.345 e. The minimum atomic E-state index is -0.413. The summed E-state index contributed by atoms with van der Waals surface area (Å²) < 4.78 is 7.54. The first-order valence-corrected chi connectivity index (χ1v) is 8.46. The minimum Gasteiger partial charge on any atom is -0.345 e. The van der Waals surface area contributed by atoms with E-state index in [2.05, 4.69) is 41.9 Å². The highest BCUT2D eigenvalue weighted by Gasteiger charge is 2.13. The van der Waals surface area contributed by atoms with Gasteiger partial charge in [-0.25, -0.2) is 0 Å². The molecule has 10 heteroatoms. The number of amides is 2. The van der Waals surface area contributed by atoms with Gasteiger partial charge in [-0.15, -0.1) is 0 Å². The van der Waals surface area contributed by atoms with E-state index < -0.39 is 5.91 Å². The Balaban J connectivity index is 1.48. The smallest absolute Gasteiger partial charge is 0.286 e. The molecule has 3 heterocycles. The molecule has 0 unspecified atom stereocenters. The summed E-state index contributed by atoms with van der Waals surface area (Å²) in [6.45, 7) is 0. The van der Waals surface area contributed by atoms with E-state index in [0.717, 1.165) is 10.0 Å². The van der Waals surface area contributed by atoms with Crippen LogP contribution in [0.1, 0.15) is 22.8 Å². The second-order valence-electron chi connectivity index (χ2n) is 5.40. The number of rotatable bonds is 5. The number of halogens is 1. The summed E-state index contributed by atoms with van der Waals surface area (Å²) in [5, 5.41) is 3.87. The van der Waals surface area contributed by atoms with Crippen LogP contribution >= 0.6 is 15.9 Å². The van der Waals surface area contributed by atoms with E-state index in [1.54, 1.807) is 48.4 Å². The molecule has 0 spiro atoms. The molecule has 0 aliphatic heterocycles. The molecule has 0 saturated heterocycles. The summed E-state index contributed by atoms with van der Waals surface area (Å²) in [4.78, 5) is 32.0. The van der Waals surface area contributed by atoms with Crippen LogP contribution < -0.4 is 10.9 Å². The van der Waals surface area contributed by atoms with Crippen LogP contribution in [0.2, 0.25) is 0 Å². The van der Waals surface area contributed by atoms with Crippen molar-refractivity contribution in [3.8, 4) is 11.4 Å². The molecule has 0 saturated carbocycles. The van der Waals surface area contributed by atoms with E-state index in [1.807, 2.05) is 0 Å². The van der Waals surface area contributed by atoms with Crippen molar-refractivity contribution in [1.82, 2.24) is 30.5 Å². The Kier molecular flexibility index (Phi) is 5.42. The van der Waals surface area contributed by atoms with Crippen molar-refractivity contribution in [2.45, 2.75) is 12.8 Å². The van der Waals surface area contributed by atoms with Crippen molar-refractivity contribution >= 4 is 27.7 Å². The molecule has 0 fully saturated rings. The molecule has 3 aromatic heterocycles. The Morgan fingerprint density at radius 3 is 2.73 bits per heavy atom.